The zero-order valence-electron chi connectivity index (χ0n) is 8.68. The van der Waals surface area contributed by atoms with Gasteiger partial charge in [0, 0.05) is 18.7 Å². The van der Waals surface area contributed by atoms with E-state index in [0.29, 0.717) is 18.7 Å². The molecule has 2 N–H and O–H groups in total. The Hall–Kier alpha value is -1.35. The zero-order valence-corrected chi connectivity index (χ0v) is 8.68. The molecular formula is C11H18N2O. The molecule has 0 unspecified atom stereocenters. The van der Waals surface area contributed by atoms with Gasteiger partial charge in [0.1, 0.15) is 0 Å². The molecule has 0 aliphatic heterocycles. The van der Waals surface area contributed by atoms with Crippen molar-refractivity contribution in [3.63, 3.8) is 0 Å². The second-order valence-corrected chi connectivity index (χ2v) is 2.71. The highest BCUT2D eigenvalue weighted by molar-refractivity contribution is 5.78. The summed E-state index contributed by atoms with van der Waals surface area (Å²) in [5.74, 6) is -0.0149. The van der Waals surface area contributed by atoms with Crippen LogP contribution in [-0.4, -0.2) is 19.0 Å². The number of carbonyl (C=O) groups excluding carboxylic acids is 1. The lowest BCUT2D eigenvalue weighted by Crippen LogP contribution is -2.26. The summed E-state index contributed by atoms with van der Waals surface area (Å²) < 4.78 is 0. The third kappa shape index (κ3) is 6.20. The molecule has 3 nitrogen and oxygen atoms in total. The lowest BCUT2D eigenvalue weighted by molar-refractivity contribution is -0.120. The molecule has 0 atom stereocenters. The standard InChI is InChI=1S/C11H18N2O/c1-4-7-10(5-2)13-11(14)8-9-12-6-3/h4-5,7,12H,1-2,6,8-9H2,3H3,(H,13,14)/b10-7+. The van der Waals surface area contributed by atoms with Gasteiger partial charge < -0.3 is 10.6 Å². The molecule has 0 fully saturated rings. The van der Waals surface area contributed by atoms with Crippen molar-refractivity contribution < 1.29 is 4.79 Å². The molecule has 0 aromatic heterocycles. The van der Waals surface area contributed by atoms with E-state index in [1.807, 2.05) is 6.92 Å². The number of amides is 1. The largest absolute Gasteiger partial charge is 0.326 e. The smallest absolute Gasteiger partial charge is 0.225 e. The quantitative estimate of drug-likeness (QED) is 0.474. The number of nitrogens with one attached hydrogen (secondary N) is 2. The Balaban J connectivity index is 3.85. The van der Waals surface area contributed by atoms with E-state index in [0.717, 1.165) is 6.54 Å². The van der Waals surface area contributed by atoms with Gasteiger partial charge in [0.2, 0.25) is 5.91 Å². The maximum atomic E-state index is 11.3. The lowest BCUT2D eigenvalue weighted by Gasteiger charge is -2.05. The molecule has 0 saturated carbocycles. The predicted molar refractivity (Wildman–Crippen MR) is 59.8 cm³/mol. The van der Waals surface area contributed by atoms with Gasteiger partial charge in [-0.1, -0.05) is 26.2 Å². The van der Waals surface area contributed by atoms with E-state index in [1.165, 1.54) is 0 Å². The minimum absolute atomic E-state index is 0.0149. The molecule has 0 saturated heterocycles. The number of carbonyl (C=O) groups is 1. The first-order valence-corrected chi connectivity index (χ1v) is 4.70. The molecule has 3 heteroatoms. The maximum Gasteiger partial charge on any atom is 0.225 e. The van der Waals surface area contributed by atoms with Crippen LogP contribution in [0.5, 0.6) is 0 Å². The van der Waals surface area contributed by atoms with Crippen molar-refractivity contribution in [2.45, 2.75) is 13.3 Å². The normalized spacial score (nSPS) is 10.8. The minimum Gasteiger partial charge on any atom is -0.326 e. The molecule has 0 spiro atoms. The van der Waals surface area contributed by atoms with E-state index in [1.54, 1.807) is 18.2 Å². The first-order chi connectivity index (χ1) is 6.74. The van der Waals surface area contributed by atoms with Gasteiger partial charge in [-0.15, -0.1) is 0 Å². The van der Waals surface area contributed by atoms with Crippen molar-refractivity contribution in [3.8, 4) is 0 Å². The van der Waals surface area contributed by atoms with Crippen molar-refractivity contribution in [3.05, 3.63) is 37.1 Å². The molecule has 1 amide bonds. The number of hydrogen-bond donors (Lipinski definition) is 2. The van der Waals surface area contributed by atoms with Gasteiger partial charge in [0.25, 0.3) is 0 Å². The highest BCUT2D eigenvalue weighted by Crippen LogP contribution is 1.91. The Kier molecular flexibility index (Phi) is 7.46. The molecule has 0 rings (SSSR count). The Morgan fingerprint density at radius 3 is 2.64 bits per heavy atom. The summed E-state index contributed by atoms with van der Waals surface area (Å²) in [7, 11) is 0. The molecule has 0 aliphatic carbocycles. The van der Waals surface area contributed by atoms with E-state index in [-0.39, 0.29) is 5.91 Å². The average Bonchev–Trinajstić information content (AvgIpc) is 2.17. The van der Waals surface area contributed by atoms with Crippen LogP contribution in [0.4, 0.5) is 0 Å². The van der Waals surface area contributed by atoms with E-state index >= 15 is 0 Å². The molecule has 0 aliphatic rings. The SMILES string of the molecule is C=C/C=C(\C=C)NC(=O)CCNCC. The molecule has 14 heavy (non-hydrogen) atoms. The van der Waals surface area contributed by atoms with Gasteiger partial charge in [-0.05, 0) is 18.7 Å². The van der Waals surface area contributed by atoms with Gasteiger partial charge in [0.05, 0.1) is 0 Å². The van der Waals surface area contributed by atoms with Crippen LogP contribution in [-0.2, 0) is 4.79 Å². The molecule has 0 bridgehead atoms. The second kappa shape index (κ2) is 8.26. The fraction of sp³-hybridized carbons (Fsp3) is 0.364. The van der Waals surface area contributed by atoms with Gasteiger partial charge in [-0.3, -0.25) is 4.79 Å². The zero-order chi connectivity index (χ0) is 10.8. The Morgan fingerprint density at radius 1 is 1.43 bits per heavy atom. The van der Waals surface area contributed by atoms with Crippen LogP contribution in [0.2, 0.25) is 0 Å². The van der Waals surface area contributed by atoms with Crippen molar-refractivity contribution in [1.29, 1.82) is 0 Å². The Bertz CT molecular complexity index is 231. The topological polar surface area (TPSA) is 41.1 Å². The van der Waals surface area contributed by atoms with Crippen LogP contribution in [0.25, 0.3) is 0 Å². The van der Waals surface area contributed by atoms with Crippen molar-refractivity contribution in [1.82, 2.24) is 10.6 Å². The second-order valence-electron chi connectivity index (χ2n) is 2.71. The predicted octanol–water partition coefficient (Wildman–Crippen LogP) is 1.36. The van der Waals surface area contributed by atoms with Crippen molar-refractivity contribution in [2.75, 3.05) is 13.1 Å². The third-order valence-electron chi connectivity index (χ3n) is 1.58. The van der Waals surface area contributed by atoms with E-state index < -0.39 is 0 Å². The molecule has 0 radical (unpaired) electrons. The summed E-state index contributed by atoms with van der Waals surface area (Å²) in [5.41, 5.74) is 0.682. The molecule has 0 heterocycles. The highest BCUT2D eigenvalue weighted by Gasteiger charge is 2.00. The van der Waals surface area contributed by atoms with Crippen LogP contribution in [0.15, 0.2) is 37.1 Å². The molecule has 0 aromatic carbocycles. The Labute approximate surface area is 85.6 Å². The summed E-state index contributed by atoms with van der Waals surface area (Å²) in [6.07, 6.45) is 5.38. The van der Waals surface area contributed by atoms with Gasteiger partial charge >= 0.3 is 0 Å². The van der Waals surface area contributed by atoms with Crippen LogP contribution in [0.1, 0.15) is 13.3 Å². The van der Waals surface area contributed by atoms with Crippen LogP contribution < -0.4 is 10.6 Å². The van der Waals surface area contributed by atoms with Crippen molar-refractivity contribution >= 4 is 5.91 Å². The van der Waals surface area contributed by atoms with Crippen LogP contribution in [0, 0.1) is 0 Å². The Morgan fingerprint density at radius 2 is 2.14 bits per heavy atom. The fourth-order valence-corrected chi connectivity index (χ4v) is 0.890. The fourth-order valence-electron chi connectivity index (χ4n) is 0.890. The average molecular weight is 194 g/mol. The maximum absolute atomic E-state index is 11.3. The molecule has 0 aromatic rings. The minimum atomic E-state index is -0.0149. The van der Waals surface area contributed by atoms with Gasteiger partial charge in [0.15, 0.2) is 0 Å². The van der Waals surface area contributed by atoms with Gasteiger partial charge in [-0.25, -0.2) is 0 Å². The summed E-state index contributed by atoms with van der Waals surface area (Å²) >= 11 is 0. The monoisotopic (exact) mass is 194 g/mol. The van der Waals surface area contributed by atoms with Crippen LogP contribution in [0.3, 0.4) is 0 Å². The van der Waals surface area contributed by atoms with Crippen LogP contribution >= 0.6 is 0 Å². The summed E-state index contributed by atoms with van der Waals surface area (Å²) in [4.78, 5) is 11.3. The summed E-state index contributed by atoms with van der Waals surface area (Å²) in [6, 6.07) is 0. The van der Waals surface area contributed by atoms with E-state index in [4.69, 9.17) is 0 Å². The van der Waals surface area contributed by atoms with E-state index in [9.17, 15) is 4.79 Å². The van der Waals surface area contributed by atoms with Crippen molar-refractivity contribution in [2.24, 2.45) is 0 Å². The number of allylic oxidation sites excluding steroid dienone is 3. The number of hydrogen-bond acceptors (Lipinski definition) is 2. The first kappa shape index (κ1) is 12.7. The summed E-state index contributed by atoms with van der Waals surface area (Å²) in [5, 5.41) is 5.80. The third-order valence-corrected chi connectivity index (χ3v) is 1.58. The highest BCUT2D eigenvalue weighted by atomic mass is 16.1. The number of rotatable bonds is 7. The van der Waals surface area contributed by atoms with E-state index in [2.05, 4.69) is 23.8 Å². The first-order valence-electron chi connectivity index (χ1n) is 4.70. The molecule has 78 valence electrons. The van der Waals surface area contributed by atoms with Gasteiger partial charge in [-0.2, -0.15) is 0 Å². The molecular weight excluding hydrogens is 176 g/mol. The lowest BCUT2D eigenvalue weighted by atomic mass is 10.3. The summed E-state index contributed by atoms with van der Waals surface area (Å²) in [6.45, 7) is 10.7.